The third kappa shape index (κ3) is 2.01. The van der Waals surface area contributed by atoms with Crippen LogP contribution < -0.4 is 5.32 Å². The van der Waals surface area contributed by atoms with E-state index >= 15 is 0 Å². The number of pyridine rings is 1. The molecule has 0 bridgehead atoms. The van der Waals surface area contributed by atoms with Crippen LogP contribution in [0.5, 0.6) is 0 Å². The Bertz CT molecular complexity index is 479. The molecule has 2 N–H and O–H groups in total. The van der Waals surface area contributed by atoms with Gasteiger partial charge in [-0.2, -0.15) is 0 Å². The number of aromatic carboxylic acids is 1. The molecule has 18 heavy (non-hydrogen) atoms. The summed E-state index contributed by atoms with van der Waals surface area (Å²) in [5.74, 6) is -0.492. The Balaban J connectivity index is 2.02. The molecule has 96 valence electrons. The van der Waals surface area contributed by atoms with E-state index in [1.54, 1.807) is 0 Å². The lowest BCUT2D eigenvalue weighted by atomic mass is 9.84. The molecule has 3 rings (SSSR count). The highest BCUT2D eigenvalue weighted by atomic mass is 16.4. The molecule has 1 aromatic rings. The van der Waals surface area contributed by atoms with E-state index in [0.29, 0.717) is 11.5 Å². The summed E-state index contributed by atoms with van der Waals surface area (Å²) in [6, 6.07) is 1.83. The van der Waals surface area contributed by atoms with Gasteiger partial charge in [0.1, 0.15) is 0 Å². The third-order valence-corrected chi connectivity index (χ3v) is 4.05. The molecular formula is C14H18N2O2. The first-order chi connectivity index (χ1) is 8.75. The van der Waals surface area contributed by atoms with Crippen LogP contribution in [0.15, 0.2) is 6.07 Å². The molecule has 0 radical (unpaired) electrons. The van der Waals surface area contributed by atoms with Crippen molar-refractivity contribution in [2.45, 2.75) is 51.1 Å². The Kier molecular flexibility index (Phi) is 3.04. The molecule has 2 aliphatic rings. The van der Waals surface area contributed by atoms with Gasteiger partial charge in [-0.25, -0.2) is 4.79 Å². The van der Waals surface area contributed by atoms with Crippen LogP contribution in [0.3, 0.4) is 0 Å². The number of carbonyl (C=O) groups is 1. The summed E-state index contributed by atoms with van der Waals surface area (Å²) in [6.07, 6.45) is 5.83. The fourth-order valence-corrected chi connectivity index (χ4v) is 3.09. The number of carboxylic acid groups (broad SMARTS) is 1. The number of fused-ring (bicyclic) bond motifs is 1. The van der Waals surface area contributed by atoms with Crippen LogP contribution in [0.1, 0.15) is 65.3 Å². The van der Waals surface area contributed by atoms with E-state index in [9.17, 15) is 9.90 Å². The topological polar surface area (TPSA) is 62.2 Å². The van der Waals surface area contributed by atoms with Crippen molar-refractivity contribution in [3.8, 4) is 0 Å². The van der Waals surface area contributed by atoms with Gasteiger partial charge in [0, 0.05) is 19.0 Å². The smallest absolute Gasteiger partial charge is 0.337 e. The lowest BCUT2D eigenvalue weighted by molar-refractivity contribution is 0.0694. The largest absolute Gasteiger partial charge is 0.478 e. The van der Waals surface area contributed by atoms with Gasteiger partial charge in [-0.15, -0.1) is 0 Å². The number of hydrogen-bond acceptors (Lipinski definition) is 3. The van der Waals surface area contributed by atoms with E-state index in [-0.39, 0.29) is 0 Å². The minimum absolute atomic E-state index is 0.343. The maximum absolute atomic E-state index is 11.4. The van der Waals surface area contributed by atoms with Crippen LogP contribution in [0.25, 0.3) is 0 Å². The normalized spacial score (nSPS) is 19.8. The molecule has 0 spiro atoms. The van der Waals surface area contributed by atoms with Crippen molar-refractivity contribution in [1.82, 2.24) is 10.3 Å². The standard InChI is InChI=1S/C14H18N2O2/c17-14(18)11-6-10-7-15-8-12(10)16-13(11)9-4-2-1-3-5-9/h6,9,15H,1-5,7-8H2,(H,17,18). The molecule has 1 saturated carbocycles. The zero-order chi connectivity index (χ0) is 12.5. The summed E-state index contributed by atoms with van der Waals surface area (Å²) in [4.78, 5) is 16.1. The van der Waals surface area contributed by atoms with Gasteiger partial charge in [0.15, 0.2) is 0 Å². The highest BCUT2D eigenvalue weighted by Gasteiger charge is 2.25. The summed E-state index contributed by atoms with van der Waals surface area (Å²) < 4.78 is 0. The van der Waals surface area contributed by atoms with Gasteiger partial charge in [0.2, 0.25) is 0 Å². The van der Waals surface area contributed by atoms with Gasteiger partial charge in [0.05, 0.1) is 17.0 Å². The van der Waals surface area contributed by atoms with Crippen LogP contribution in [0, 0.1) is 0 Å². The molecule has 1 aliphatic carbocycles. The van der Waals surface area contributed by atoms with Crippen LogP contribution in [0.4, 0.5) is 0 Å². The molecule has 1 aromatic heterocycles. The zero-order valence-corrected chi connectivity index (χ0v) is 10.4. The van der Waals surface area contributed by atoms with E-state index in [2.05, 4.69) is 10.3 Å². The Morgan fingerprint density at radius 2 is 2.06 bits per heavy atom. The van der Waals surface area contributed by atoms with Gasteiger partial charge >= 0.3 is 5.97 Å². The van der Waals surface area contributed by atoms with E-state index < -0.39 is 5.97 Å². The van der Waals surface area contributed by atoms with Crippen molar-refractivity contribution in [1.29, 1.82) is 0 Å². The van der Waals surface area contributed by atoms with Crippen LogP contribution in [-0.4, -0.2) is 16.1 Å². The molecule has 1 aliphatic heterocycles. The van der Waals surface area contributed by atoms with Gasteiger partial charge in [-0.3, -0.25) is 4.98 Å². The Morgan fingerprint density at radius 3 is 2.78 bits per heavy atom. The van der Waals surface area contributed by atoms with Crippen molar-refractivity contribution in [2.24, 2.45) is 0 Å². The fourth-order valence-electron chi connectivity index (χ4n) is 3.09. The summed E-state index contributed by atoms with van der Waals surface area (Å²) >= 11 is 0. The minimum Gasteiger partial charge on any atom is -0.478 e. The Hall–Kier alpha value is -1.42. The minimum atomic E-state index is -0.835. The molecule has 0 unspecified atom stereocenters. The molecular weight excluding hydrogens is 228 g/mol. The average molecular weight is 246 g/mol. The number of nitrogens with zero attached hydrogens (tertiary/aromatic N) is 1. The lowest BCUT2D eigenvalue weighted by Gasteiger charge is -2.23. The summed E-state index contributed by atoms with van der Waals surface area (Å²) in [5.41, 5.74) is 3.33. The van der Waals surface area contributed by atoms with Gasteiger partial charge < -0.3 is 10.4 Å². The predicted octanol–water partition coefficient (Wildman–Crippen LogP) is 2.43. The summed E-state index contributed by atoms with van der Waals surface area (Å²) in [5, 5.41) is 12.6. The number of aromatic nitrogens is 1. The zero-order valence-electron chi connectivity index (χ0n) is 10.4. The molecule has 0 saturated heterocycles. The second-order valence-corrected chi connectivity index (χ2v) is 5.27. The monoisotopic (exact) mass is 246 g/mol. The third-order valence-electron chi connectivity index (χ3n) is 4.05. The molecule has 2 heterocycles. The first kappa shape index (κ1) is 11.7. The maximum atomic E-state index is 11.4. The number of hydrogen-bond donors (Lipinski definition) is 2. The molecule has 0 atom stereocenters. The predicted molar refractivity (Wildman–Crippen MR) is 67.6 cm³/mol. The van der Waals surface area contributed by atoms with E-state index in [4.69, 9.17) is 0 Å². The lowest BCUT2D eigenvalue weighted by Crippen LogP contribution is -2.14. The van der Waals surface area contributed by atoms with Gasteiger partial charge in [-0.1, -0.05) is 19.3 Å². The van der Waals surface area contributed by atoms with Crippen LogP contribution in [-0.2, 0) is 13.1 Å². The molecule has 0 aromatic carbocycles. The van der Waals surface area contributed by atoms with Gasteiger partial charge in [-0.05, 0) is 24.5 Å². The van der Waals surface area contributed by atoms with E-state index in [0.717, 1.165) is 42.9 Å². The Labute approximate surface area is 106 Å². The van der Waals surface area contributed by atoms with Crippen molar-refractivity contribution < 1.29 is 9.90 Å². The van der Waals surface area contributed by atoms with Crippen molar-refractivity contribution in [2.75, 3.05) is 0 Å². The van der Waals surface area contributed by atoms with Crippen LogP contribution in [0.2, 0.25) is 0 Å². The number of carboxylic acids is 1. The van der Waals surface area contributed by atoms with Crippen molar-refractivity contribution >= 4 is 5.97 Å². The molecule has 1 fully saturated rings. The second kappa shape index (κ2) is 4.69. The fraction of sp³-hybridized carbons (Fsp3) is 0.571. The Morgan fingerprint density at radius 1 is 1.28 bits per heavy atom. The first-order valence-corrected chi connectivity index (χ1v) is 6.72. The second-order valence-electron chi connectivity index (χ2n) is 5.27. The van der Waals surface area contributed by atoms with Crippen LogP contribution >= 0.6 is 0 Å². The highest BCUT2D eigenvalue weighted by molar-refractivity contribution is 5.89. The van der Waals surface area contributed by atoms with Crippen molar-refractivity contribution in [3.05, 3.63) is 28.6 Å². The quantitative estimate of drug-likeness (QED) is 0.841. The molecule has 4 nitrogen and oxygen atoms in total. The maximum Gasteiger partial charge on any atom is 0.337 e. The summed E-state index contributed by atoms with van der Waals surface area (Å²) in [6.45, 7) is 1.52. The van der Waals surface area contributed by atoms with E-state index in [1.807, 2.05) is 6.07 Å². The first-order valence-electron chi connectivity index (χ1n) is 6.72. The average Bonchev–Trinajstić information content (AvgIpc) is 2.85. The number of rotatable bonds is 2. The van der Waals surface area contributed by atoms with Crippen molar-refractivity contribution in [3.63, 3.8) is 0 Å². The molecule has 4 heteroatoms. The highest BCUT2D eigenvalue weighted by Crippen LogP contribution is 2.34. The molecule has 0 amide bonds. The number of nitrogens with one attached hydrogen (secondary N) is 1. The van der Waals surface area contributed by atoms with Gasteiger partial charge in [0.25, 0.3) is 0 Å². The SMILES string of the molecule is O=C(O)c1cc2c(nc1C1CCCCC1)CNC2. The van der Waals surface area contributed by atoms with E-state index in [1.165, 1.54) is 19.3 Å². The summed E-state index contributed by atoms with van der Waals surface area (Å²) in [7, 11) is 0.